The molecule has 0 spiro atoms. The van der Waals surface area contributed by atoms with Gasteiger partial charge in [0, 0.05) is 0 Å². The maximum Gasteiger partial charge on any atom is 1.00 e. The molecule has 0 radical (unpaired) electrons. The summed E-state index contributed by atoms with van der Waals surface area (Å²) < 4.78 is 0. The summed E-state index contributed by atoms with van der Waals surface area (Å²) in [5.41, 5.74) is 1.43. The molecule has 22 heavy (non-hydrogen) atoms. The van der Waals surface area contributed by atoms with Gasteiger partial charge in [-0.1, -0.05) is 36.4 Å². The average molecular weight is 532 g/mol. The van der Waals surface area contributed by atoms with E-state index >= 15 is 0 Å². The van der Waals surface area contributed by atoms with Crippen molar-refractivity contribution in [2.24, 2.45) is 0 Å². The van der Waals surface area contributed by atoms with E-state index in [0.29, 0.717) is 11.1 Å². The van der Waals surface area contributed by atoms with Crippen LogP contribution in [0.3, 0.4) is 0 Å². The van der Waals surface area contributed by atoms with Crippen LogP contribution in [-0.2, 0) is 0 Å². The number of carbonyl (C=O) groups excluding carboxylic acids is 1. The SMILES string of the molecule is N#Cc1ccccc1.N#Cc1ccccc1.O=C([O-])[O-].[Cs+].[Cs+]. The minimum atomic E-state index is -2.33. The van der Waals surface area contributed by atoms with Crippen LogP contribution in [0.5, 0.6) is 0 Å². The van der Waals surface area contributed by atoms with Crippen molar-refractivity contribution in [1.82, 2.24) is 0 Å². The summed E-state index contributed by atoms with van der Waals surface area (Å²) in [7, 11) is 0. The molecule has 0 fully saturated rings. The Labute approximate surface area is 247 Å². The van der Waals surface area contributed by atoms with Crippen molar-refractivity contribution in [3.8, 4) is 12.1 Å². The molecular weight excluding hydrogens is 522 g/mol. The molecule has 0 N–H and O–H groups in total. The molecule has 0 saturated heterocycles. The number of hydrogen-bond acceptors (Lipinski definition) is 5. The van der Waals surface area contributed by atoms with Gasteiger partial charge >= 0.3 is 138 Å². The summed E-state index contributed by atoms with van der Waals surface area (Å²) in [6.45, 7) is 0. The summed E-state index contributed by atoms with van der Waals surface area (Å²) in [5.74, 6) is 0. The zero-order valence-corrected chi connectivity index (χ0v) is 25.0. The van der Waals surface area contributed by atoms with Gasteiger partial charge in [0.2, 0.25) is 0 Å². The Bertz CT molecular complexity index is 540. The van der Waals surface area contributed by atoms with Crippen LogP contribution in [0.1, 0.15) is 11.1 Å². The maximum atomic E-state index is 8.33. The van der Waals surface area contributed by atoms with Gasteiger partial charge < -0.3 is 15.0 Å². The van der Waals surface area contributed by atoms with E-state index < -0.39 is 6.16 Å². The van der Waals surface area contributed by atoms with Gasteiger partial charge in [-0.15, -0.1) is 0 Å². The summed E-state index contributed by atoms with van der Waals surface area (Å²) in [5, 5.41) is 33.2. The van der Waals surface area contributed by atoms with Crippen LogP contribution in [0.15, 0.2) is 60.7 Å². The summed E-state index contributed by atoms with van der Waals surface area (Å²) in [6.07, 6.45) is -2.33. The van der Waals surface area contributed by atoms with E-state index in [-0.39, 0.29) is 138 Å². The molecule has 0 atom stereocenters. The van der Waals surface area contributed by atoms with Crippen LogP contribution in [0, 0.1) is 22.7 Å². The fourth-order valence-corrected chi connectivity index (χ4v) is 1.03. The molecule has 0 bridgehead atoms. The van der Waals surface area contributed by atoms with Crippen molar-refractivity contribution >= 4 is 6.16 Å². The fraction of sp³-hybridized carbons (Fsp3) is 0. The Balaban J connectivity index is -0.000000249. The molecule has 0 aliphatic carbocycles. The zero-order valence-electron chi connectivity index (χ0n) is 12.4. The molecule has 2 aromatic rings. The summed E-state index contributed by atoms with van der Waals surface area (Å²) in [6, 6.07) is 22.3. The second kappa shape index (κ2) is 19.8. The first-order chi connectivity index (χ1) is 9.60. The largest absolute Gasteiger partial charge is 1.00 e. The molecule has 5 nitrogen and oxygen atoms in total. The molecule has 0 unspecified atom stereocenters. The molecule has 7 heteroatoms. The van der Waals surface area contributed by atoms with Crippen molar-refractivity contribution in [2.45, 2.75) is 0 Å². The van der Waals surface area contributed by atoms with Gasteiger partial charge in [0.25, 0.3) is 0 Å². The van der Waals surface area contributed by atoms with Crippen LogP contribution in [0.4, 0.5) is 4.79 Å². The second-order valence-electron chi connectivity index (χ2n) is 3.21. The molecule has 0 aliphatic rings. The van der Waals surface area contributed by atoms with Gasteiger partial charge in [-0.2, -0.15) is 10.5 Å². The Hall–Kier alpha value is 0.794. The first-order valence-corrected chi connectivity index (χ1v) is 5.38. The van der Waals surface area contributed by atoms with Gasteiger partial charge in [-0.3, -0.25) is 0 Å². The summed E-state index contributed by atoms with van der Waals surface area (Å²) in [4.78, 5) is 8.33. The molecule has 0 amide bonds. The number of hydrogen-bond donors (Lipinski definition) is 0. The molecule has 2 rings (SSSR count). The monoisotopic (exact) mass is 532 g/mol. The number of carboxylic acid groups (broad SMARTS) is 2. The Morgan fingerprint density at radius 1 is 0.727 bits per heavy atom. The minimum absolute atomic E-state index is 0. The van der Waals surface area contributed by atoms with Crippen molar-refractivity contribution in [1.29, 1.82) is 10.5 Å². The van der Waals surface area contributed by atoms with E-state index in [0.717, 1.165) is 0 Å². The van der Waals surface area contributed by atoms with Gasteiger partial charge in [0.15, 0.2) is 0 Å². The average Bonchev–Trinajstić information content (AvgIpc) is 2.49. The normalized spacial score (nSPS) is 6.82. The zero-order chi connectivity index (χ0) is 15.2. The fourth-order valence-electron chi connectivity index (χ4n) is 1.03. The van der Waals surface area contributed by atoms with Crippen LogP contribution in [0.2, 0.25) is 0 Å². The van der Waals surface area contributed by atoms with Crippen LogP contribution >= 0.6 is 0 Å². The quantitative estimate of drug-likeness (QED) is 0.337. The number of carbonyl (C=O) groups is 1. The standard InChI is InChI=1S/2C7H5N.CH2O3.2Cs/c2*8-6-7-4-2-1-3-5-7;2-1(3)4;;/h2*1-5H;(H2,2,3,4);;/q;;;2*+1/p-2. The van der Waals surface area contributed by atoms with Crippen LogP contribution < -0.4 is 148 Å². The van der Waals surface area contributed by atoms with E-state index in [4.69, 9.17) is 25.5 Å². The van der Waals surface area contributed by atoms with Crippen LogP contribution in [-0.4, -0.2) is 6.16 Å². The topological polar surface area (TPSA) is 111 Å². The third-order valence-electron chi connectivity index (χ3n) is 1.81. The number of benzene rings is 2. The maximum absolute atomic E-state index is 8.33. The third-order valence-corrected chi connectivity index (χ3v) is 1.81. The molecule has 0 saturated carbocycles. The van der Waals surface area contributed by atoms with E-state index in [1.807, 2.05) is 48.5 Å². The summed E-state index contributed by atoms with van der Waals surface area (Å²) >= 11 is 0. The molecular formula is C15H10Cs2N2O3. The van der Waals surface area contributed by atoms with E-state index in [2.05, 4.69) is 0 Å². The molecule has 0 aromatic heterocycles. The molecule has 0 heterocycles. The predicted molar refractivity (Wildman–Crippen MR) is 67.7 cm³/mol. The first kappa shape index (κ1) is 27.6. The van der Waals surface area contributed by atoms with Gasteiger partial charge in [0.1, 0.15) is 0 Å². The van der Waals surface area contributed by atoms with E-state index in [1.54, 1.807) is 24.3 Å². The molecule has 2 aromatic carbocycles. The Kier molecular flexibility index (Phi) is 24.9. The third kappa shape index (κ3) is 18.8. The smallest absolute Gasteiger partial charge is 0.652 e. The minimum Gasteiger partial charge on any atom is -0.652 e. The van der Waals surface area contributed by atoms with E-state index in [1.165, 1.54) is 0 Å². The van der Waals surface area contributed by atoms with Crippen molar-refractivity contribution in [3.63, 3.8) is 0 Å². The van der Waals surface area contributed by atoms with Gasteiger partial charge in [0.05, 0.1) is 23.3 Å². The predicted octanol–water partition coefficient (Wildman–Crippen LogP) is -5.32. The van der Waals surface area contributed by atoms with Gasteiger partial charge in [-0.25, -0.2) is 0 Å². The Morgan fingerprint density at radius 2 is 0.955 bits per heavy atom. The van der Waals surface area contributed by atoms with Crippen molar-refractivity contribution < 1.29 is 153 Å². The first-order valence-electron chi connectivity index (χ1n) is 5.38. The van der Waals surface area contributed by atoms with Gasteiger partial charge in [-0.05, 0) is 30.4 Å². The van der Waals surface area contributed by atoms with E-state index in [9.17, 15) is 0 Å². The number of nitriles is 2. The molecule has 100 valence electrons. The van der Waals surface area contributed by atoms with Crippen LogP contribution in [0.25, 0.3) is 0 Å². The van der Waals surface area contributed by atoms with Crippen molar-refractivity contribution in [3.05, 3.63) is 71.8 Å². The van der Waals surface area contributed by atoms with Crippen molar-refractivity contribution in [2.75, 3.05) is 0 Å². The second-order valence-corrected chi connectivity index (χ2v) is 3.21. The molecule has 0 aliphatic heterocycles. The Morgan fingerprint density at radius 3 is 1.09 bits per heavy atom. The number of rotatable bonds is 0. The number of nitrogens with zero attached hydrogens (tertiary/aromatic N) is 2.